The van der Waals surface area contributed by atoms with Crippen LogP contribution in [0.4, 0.5) is 13.2 Å². The molecule has 1 unspecified atom stereocenters. The molecule has 39 heavy (non-hydrogen) atoms. The van der Waals surface area contributed by atoms with Crippen LogP contribution in [0.5, 0.6) is 0 Å². The summed E-state index contributed by atoms with van der Waals surface area (Å²) in [5.41, 5.74) is 4.56. The number of fused-ring (bicyclic) bond motifs is 2. The highest BCUT2D eigenvalue weighted by molar-refractivity contribution is 5.98. The standard InChI is InChI=1S/C26H31F3N6O4/c1-24(2,3)19(34-23(39)26(27,28)29)22(38)35-11-15-16(25(15,4)5)18(35)21(37)33-17(20(30)36)14-10-32-8-12-6-7-31-9-13(12)14/h6-10,15-19H,11H2,1-5H3,(H2,30,36)(H,33,37)(H,34,39)/t15-,16-,17?,18-,19+/m0/s1. The van der Waals surface area contributed by atoms with E-state index in [0.29, 0.717) is 16.3 Å². The van der Waals surface area contributed by atoms with Gasteiger partial charge in [0.05, 0.1) is 0 Å². The van der Waals surface area contributed by atoms with E-state index >= 15 is 0 Å². The smallest absolute Gasteiger partial charge is 0.368 e. The molecule has 2 fully saturated rings. The van der Waals surface area contributed by atoms with Gasteiger partial charge in [-0.05, 0) is 28.7 Å². The minimum absolute atomic E-state index is 0.0911. The van der Waals surface area contributed by atoms with Gasteiger partial charge in [0.15, 0.2) is 0 Å². The highest BCUT2D eigenvalue weighted by Crippen LogP contribution is 2.65. The number of likely N-dealkylation sites (tertiary alicyclic amines) is 1. The highest BCUT2D eigenvalue weighted by atomic mass is 19.4. The van der Waals surface area contributed by atoms with E-state index in [-0.39, 0.29) is 23.8 Å². The Hall–Kier alpha value is -3.77. The number of piperidine rings is 1. The van der Waals surface area contributed by atoms with Crippen molar-refractivity contribution in [2.75, 3.05) is 6.54 Å². The van der Waals surface area contributed by atoms with Crippen molar-refractivity contribution in [3.8, 4) is 0 Å². The third kappa shape index (κ3) is 5.13. The first kappa shape index (κ1) is 28.2. The summed E-state index contributed by atoms with van der Waals surface area (Å²) in [5, 5.41) is 5.67. The molecule has 0 aromatic carbocycles. The quantitative estimate of drug-likeness (QED) is 0.502. The molecule has 1 aliphatic carbocycles. The summed E-state index contributed by atoms with van der Waals surface area (Å²) in [6, 6.07) is -2.27. The van der Waals surface area contributed by atoms with E-state index in [9.17, 15) is 32.3 Å². The third-order valence-electron chi connectivity index (χ3n) is 7.88. The van der Waals surface area contributed by atoms with Crippen LogP contribution in [-0.2, 0) is 19.2 Å². The number of aromatic nitrogens is 2. The van der Waals surface area contributed by atoms with E-state index in [2.05, 4.69) is 15.3 Å². The number of carbonyl (C=O) groups is 4. The van der Waals surface area contributed by atoms with Crippen LogP contribution in [0.3, 0.4) is 0 Å². The molecule has 4 N–H and O–H groups in total. The molecule has 0 radical (unpaired) electrons. The van der Waals surface area contributed by atoms with E-state index in [1.807, 2.05) is 19.2 Å². The van der Waals surface area contributed by atoms with Crippen LogP contribution < -0.4 is 16.4 Å². The number of rotatable bonds is 6. The molecule has 0 bridgehead atoms. The summed E-state index contributed by atoms with van der Waals surface area (Å²) in [6.07, 6.45) is 0.829. The number of nitrogens with zero attached hydrogens (tertiary/aromatic N) is 3. The Balaban J connectivity index is 1.66. The van der Waals surface area contributed by atoms with Crippen molar-refractivity contribution in [3.05, 3.63) is 36.4 Å². The van der Waals surface area contributed by atoms with Crippen LogP contribution >= 0.6 is 0 Å². The topological polar surface area (TPSA) is 147 Å². The molecule has 1 saturated carbocycles. The van der Waals surface area contributed by atoms with E-state index in [1.165, 1.54) is 38.1 Å². The maximum Gasteiger partial charge on any atom is 0.471 e. The fourth-order valence-corrected chi connectivity index (χ4v) is 5.63. The summed E-state index contributed by atoms with van der Waals surface area (Å²) in [5.74, 6) is -5.00. The van der Waals surface area contributed by atoms with Gasteiger partial charge < -0.3 is 21.3 Å². The highest BCUT2D eigenvalue weighted by Gasteiger charge is 2.70. The van der Waals surface area contributed by atoms with Gasteiger partial charge in [0.1, 0.15) is 18.1 Å². The van der Waals surface area contributed by atoms with Crippen molar-refractivity contribution in [3.63, 3.8) is 0 Å². The van der Waals surface area contributed by atoms with E-state index in [0.717, 1.165) is 0 Å². The second-order valence-electron chi connectivity index (χ2n) is 11.8. The maximum atomic E-state index is 13.7. The summed E-state index contributed by atoms with van der Waals surface area (Å²) in [7, 11) is 0. The molecule has 3 heterocycles. The fourth-order valence-electron chi connectivity index (χ4n) is 5.63. The summed E-state index contributed by atoms with van der Waals surface area (Å²) in [4.78, 5) is 61.1. The van der Waals surface area contributed by atoms with Crippen molar-refractivity contribution in [2.45, 2.75) is 58.9 Å². The lowest BCUT2D eigenvalue weighted by Gasteiger charge is -2.38. The molecule has 2 aliphatic rings. The first-order chi connectivity index (χ1) is 18.0. The largest absolute Gasteiger partial charge is 0.471 e. The second kappa shape index (κ2) is 9.45. The molecule has 4 amide bonds. The Kier molecular flexibility index (Phi) is 6.85. The van der Waals surface area contributed by atoms with Crippen LogP contribution in [0.1, 0.15) is 46.2 Å². The van der Waals surface area contributed by atoms with Crippen LogP contribution in [0.25, 0.3) is 10.8 Å². The van der Waals surface area contributed by atoms with Crippen LogP contribution in [-0.4, -0.2) is 63.3 Å². The molecule has 5 atom stereocenters. The molecule has 1 aliphatic heterocycles. The van der Waals surface area contributed by atoms with Gasteiger partial charge in [0.25, 0.3) is 0 Å². The third-order valence-corrected chi connectivity index (χ3v) is 7.88. The molecule has 4 rings (SSSR count). The lowest BCUT2D eigenvalue weighted by Crippen LogP contribution is -2.61. The number of primary amides is 1. The number of carbonyl (C=O) groups excluding carboxylic acids is 4. The molecule has 210 valence electrons. The Bertz CT molecular complexity index is 1330. The Morgan fingerprint density at radius 2 is 1.74 bits per heavy atom. The zero-order chi connectivity index (χ0) is 29.1. The zero-order valence-electron chi connectivity index (χ0n) is 22.2. The minimum Gasteiger partial charge on any atom is -0.368 e. The predicted octanol–water partition coefficient (Wildman–Crippen LogP) is 1.85. The minimum atomic E-state index is -5.19. The van der Waals surface area contributed by atoms with Crippen molar-refractivity contribution in [1.29, 1.82) is 0 Å². The molecular formula is C26H31F3N6O4. The molecular weight excluding hydrogens is 517 g/mol. The molecule has 2 aromatic rings. The lowest BCUT2D eigenvalue weighted by atomic mass is 9.85. The number of halogens is 3. The number of amides is 4. The van der Waals surface area contributed by atoms with Crippen LogP contribution in [0.15, 0.2) is 30.9 Å². The summed E-state index contributed by atoms with van der Waals surface area (Å²) < 4.78 is 39.2. The van der Waals surface area contributed by atoms with Gasteiger partial charge in [0, 0.05) is 47.7 Å². The first-order valence-electron chi connectivity index (χ1n) is 12.4. The average Bonchev–Trinajstić information content (AvgIpc) is 3.16. The maximum absolute atomic E-state index is 13.7. The normalized spacial score (nSPS) is 23.5. The molecule has 0 spiro atoms. The zero-order valence-corrected chi connectivity index (χ0v) is 22.2. The van der Waals surface area contributed by atoms with Gasteiger partial charge in [0.2, 0.25) is 17.7 Å². The Morgan fingerprint density at radius 1 is 1.08 bits per heavy atom. The van der Waals surface area contributed by atoms with Crippen molar-refractivity contribution in [1.82, 2.24) is 25.5 Å². The molecule has 2 aromatic heterocycles. The first-order valence-corrected chi connectivity index (χ1v) is 12.4. The van der Waals surface area contributed by atoms with Gasteiger partial charge >= 0.3 is 12.1 Å². The number of nitrogens with one attached hydrogen (secondary N) is 2. The SMILES string of the molecule is CC(C)(C)[C@H](NC(=O)C(F)(F)F)C(=O)N1C[C@H]2[C@@H]([C@H]1C(=O)NC(C(N)=O)c1cncc3ccncc13)C2(C)C. The monoisotopic (exact) mass is 548 g/mol. The lowest BCUT2D eigenvalue weighted by molar-refractivity contribution is -0.176. The van der Waals surface area contributed by atoms with E-state index in [4.69, 9.17) is 5.73 Å². The second-order valence-corrected chi connectivity index (χ2v) is 11.8. The Morgan fingerprint density at radius 3 is 2.33 bits per heavy atom. The van der Waals surface area contributed by atoms with Gasteiger partial charge in [-0.2, -0.15) is 13.2 Å². The predicted molar refractivity (Wildman–Crippen MR) is 133 cm³/mol. The van der Waals surface area contributed by atoms with Crippen molar-refractivity contribution in [2.24, 2.45) is 28.4 Å². The van der Waals surface area contributed by atoms with Crippen LogP contribution in [0.2, 0.25) is 0 Å². The Labute approximate surface area is 222 Å². The summed E-state index contributed by atoms with van der Waals surface area (Å²) in [6.45, 7) is 8.54. The van der Waals surface area contributed by atoms with E-state index < -0.39 is 53.3 Å². The van der Waals surface area contributed by atoms with Crippen molar-refractivity contribution >= 4 is 34.4 Å². The summed E-state index contributed by atoms with van der Waals surface area (Å²) >= 11 is 0. The fraction of sp³-hybridized carbons (Fsp3) is 0.538. The molecule has 10 nitrogen and oxygen atoms in total. The van der Waals surface area contributed by atoms with Gasteiger partial charge in [-0.25, -0.2) is 0 Å². The van der Waals surface area contributed by atoms with Gasteiger partial charge in [-0.15, -0.1) is 0 Å². The van der Waals surface area contributed by atoms with Gasteiger partial charge in [-0.3, -0.25) is 29.1 Å². The van der Waals surface area contributed by atoms with Crippen molar-refractivity contribution < 1.29 is 32.3 Å². The van der Waals surface area contributed by atoms with Gasteiger partial charge in [-0.1, -0.05) is 34.6 Å². The number of hydrogen-bond acceptors (Lipinski definition) is 6. The number of alkyl halides is 3. The number of hydrogen-bond donors (Lipinski definition) is 3. The van der Waals surface area contributed by atoms with E-state index in [1.54, 1.807) is 18.5 Å². The molecule has 13 heteroatoms. The average molecular weight is 549 g/mol. The number of nitrogens with two attached hydrogens (primary N) is 1. The van der Waals surface area contributed by atoms with Crippen LogP contribution in [0, 0.1) is 22.7 Å². The number of pyridine rings is 2. The molecule has 1 saturated heterocycles.